The van der Waals surface area contributed by atoms with Crippen LogP contribution in [-0.4, -0.2) is 11.6 Å². The van der Waals surface area contributed by atoms with Crippen molar-refractivity contribution in [2.45, 2.75) is 20.8 Å². The Balaban J connectivity index is 2.46. The van der Waals surface area contributed by atoms with Crippen LogP contribution in [0.5, 0.6) is 5.88 Å². The van der Waals surface area contributed by atoms with E-state index in [2.05, 4.69) is 4.98 Å². The predicted molar refractivity (Wildman–Crippen MR) is 53.9 cm³/mol. The van der Waals surface area contributed by atoms with Gasteiger partial charge in [0.2, 0.25) is 5.88 Å². The molecule has 0 atom stereocenters. The molecule has 0 N–H and O–H groups in total. The average Bonchev–Trinajstić information content (AvgIpc) is 2.08. The lowest BCUT2D eigenvalue weighted by Crippen LogP contribution is -1.96. The fourth-order valence-electron chi connectivity index (χ4n) is 0.833. The van der Waals surface area contributed by atoms with Gasteiger partial charge in [-0.25, -0.2) is 4.98 Å². The van der Waals surface area contributed by atoms with E-state index in [4.69, 9.17) is 4.74 Å². The third kappa shape index (κ3) is 3.74. The first kappa shape index (κ1) is 9.78. The molecule has 0 aliphatic rings. The Morgan fingerprint density at radius 3 is 2.77 bits per heavy atom. The molecule has 0 saturated carbocycles. The van der Waals surface area contributed by atoms with Crippen molar-refractivity contribution in [1.29, 1.82) is 0 Å². The second kappa shape index (κ2) is 4.65. The maximum absolute atomic E-state index is 5.38. The van der Waals surface area contributed by atoms with Gasteiger partial charge in [0.1, 0.15) is 6.61 Å². The first-order valence-corrected chi connectivity index (χ1v) is 4.37. The highest BCUT2D eigenvalue weighted by Gasteiger charge is 1.91. The molecule has 2 heteroatoms. The zero-order chi connectivity index (χ0) is 9.68. The molecule has 1 aromatic heterocycles. The standard InChI is InChI=1S/C11H15NO/c1-9(2)6-7-13-11-5-4-10(3)8-12-11/h4-6,8H,7H2,1-3H3. The van der Waals surface area contributed by atoms with Gasteiger partial charge in [0.25, 0.3) is 0 Å². The molecule has 1 heterocycles. The van der Waals surface area contributed by atoms with Crippen molar-refractivity contribution >= 4 is 0 Å². The summed E-state index contributed by atoms with van der Waals surface area (Å²) in [4.78, 5) is 4.12. The van der Waals surface area contributed by atoms with Gasteiger partial charge in [-0.3, -0.25) is 0 Å². The Labute approximate surface area is 79.3 Å². The zero-order valence-corrected chi connectivity index (χ0v) is 8.37. The Kier molecular flexibility index (Phi) is 3.50. The van der Waals surface area contributed by atoms with Gasteiger partial charge in [0.05, 0.1) is 0 Å². The second-order valence-electron chi connectivity index (χ2n) is 3.27. The lowest BCUT2D eigenvalue weighted by Gasteiger charge is -2.01. The quantitative estimate of drug-likeness (QED) is 0.662. The van der Waals surface area contributed by atoms with E-state index in [1.54, 1.807) is 6.20 Å². The number of hydrogen-bond acceptors (Lipinski definition) is 2. The Hall–Kier alpha value is -1.31. The molecule has 70 valence electrons. The number of pyridine rings is 1. The van der Waals surface area contributed by atoms with Crippen molar-refractivity contribution in [2.24, 2.45) is 0 Å². The molecular weight excluding hydrogens is 162 g/mol. The number of hydrogen-bond donors (Lipinski definition) is 0. The van der Waals surface area contributed by atoms with Crippen molar-refractivity contribution in [3.8, 4) is 5.88 Å². The summed E-state index contributed by atoms with van der Waals surface area (Å²) < 4.78 is 5.38. The third-order valence-corrected chi connectivity index (χ3v) is 1.61. The molecule has 13 heavy (non-hydrogen) atoms. The fraction of sp³-hybridized carbons (Fsp3) is 0.364. The second-order valence-corrected chi connectivity index (χ2v) is 3.27. The van der Waals surface area contributed by atoms with Crippen LogP contribution in [0.15, 0.2) is 30.0 Å². The number of allylic oxidation sites excluding steroid dienone is 1. The highest BCUT2D eigenvalue weighted by molar-refractivity contribution is 5.16. The van der Waals surface area contributed by atoms with Gasteiger partial charge in [0, 0.05) is 12.3 Å². The topological polar surface area (TPSA) is 22.1 Å². The van der Waals surface area contributed by atoms with Crippen LogP contribution in [-0.2, 0) is 0 Å². The van der Waals surface area contributed by atoms with E-state index in [-0.39, 0.29) is 0 Å². The Bertz CT molecular complexity index is 283. The molecule has 1 aromatic rings. The predicted octanol–water partition coefficient (Wildman–Crippen LogP) is 2.74. The molecule has 0 aliphatic carbocycles. The first-order valence-electron chi connectivity index (χ1n) is 4.37. The van der Waals surface area contributed by atoms with E-state index in [1.807, 2.05) is 39.0 Å². The van der Waals surface area contributed by atoms with E-state index in [0.29, 0.717) is 12.5 Å². The minimum atomic E-state index is 0.596. The number of aromatic nitrogens is 1. The molecule has 0 aromatic carbocycles. The Morgan fingerprint density at radius 2 is 2.23 bits per heavy atom. The summed E-state index contributed by atoms with van der Waals surface area (Å²) in [5, 5.41) is 0. The minimum Gasteiger partial charge on any atom is -0.473 e. The molecule has 0 unspecified atom stereocenters. The largest absolute Gasteiger partial charge is 0.473 e. The molecule has 0 bridgehead atoms. The molecule has 0 amide bonds. The van der Waals surface area contributed by atoms with Crippen molar-refractivity contribution in [2.75, 3.05) is 6.61 Å². The molecule has 2 nitrogen and oxygen atoms in total. The van der Waals surface area contributed by atoms with Gasteiger partial charge in [-0.15, -0.1) is 0 Å². The number of aryl methyl sites for hydroxylation is 1. The lowest BCUT2D eigenvalue weighted by atomic mass is 10.3. The monoisotopic (exact) mass is 177 g/mol. The van der Waals surface area contributed by atoms with Crippen molar-refractivity contribution in [1.82, 2.24) is 4.98 Å². The van der Waals surface area contributed by atoms with E-state index in [1.165, 1.54) is 5.57 Å². The van der Waals surface area contributed by atoms with Crippen molar-refractivity contribution in [3.05, 3.63) is 35.5 Å². The summed E-state index contributed by atoms with van der Waals surface area (Å²) in [6, 6.07) is 3.87. The molecule has 0 saturated heterocycles. The van der Waals surface area contributed by atoms with Gasteiger partial charge in [-0.2, -0.15) is 0 Å². The smallest absolute Gasteiger partial charge is 0.213 e. The van der Waals surface area contributed by atoms with Gasteiger partial charge in [-0.05, 0) is 32.4 Å². The first-order chi connectivity index (χ1) is 6.18. The Morgan fingerprint density at radius 1 is 1.46 bits per heavy atom. The van der Waals surface area contributed by atoms with Crippen LogP contribution in [0.4, 0.5) is 0 Å². The average molecular weight is 177 g/mol. The van der Waals surface area contributed by atoms with Gasteiger partial charge in [-0.1, -0.05) is 11.6 Å². The lowest BCUT2D eigenvalue weighted by molar-refractivity contribution is 0.347. The van der Waals surface area contributed by atoms with Crippen LogP contribution in [0.25, 0.3) is 0 Å². The molecule has 0 spiro atoms. The van der Waals surface area contributed by atoms with Crippen molar-refractivity contribution < 1.29 is 4.74 Å². The molecular formula is C11H15NO. The van der Waals surface area contributed by atoms with Gasteiger partial charge in [0.15, 0.2) is 0 Å². The number of rotatable bonds is 3. The van der Waals surface area contributed by atoms with E-state index in [0.717, 1.165) is 5.56 Å². The highest BCUT2D eigenvalue weighted by atomic mass is 16.5. The highest BCUT2D eigenvalue weighted by Crippen LogP contribution is 2.06. The fourth-order valence-corrected chi connectivity index (χ4v) is 0.833. The number of ether oxygens (including phenoxy) is 1. The maximum Gasteiger partial charge on any atom is 0.213 e. The molecule has 0 radical (unpaired) electrons. The van der Waals surface area contributed by atoms with Gasteiger partial charge < -0.3 is 4.74 Å². The van der Waals surface area contributed by atoms with Crippen LogP contribution in [0, 0.1) is 6.92 Å². The molecule has 1 rings (SSSR count). The van der Waals surface area contributed by atoms with E-state index < -0.39 is 0 Å². The summed E-state index contributed by atoms with van der Waals surface area (Å²) in [5.41, 5.74) is 2.40. The summed E-state index contributed by atoms with van der Waals surface area (Å²) in [7, 11) is 0. The SMILES string of the molecule is CC(C)=CCOc1ccc(C)cn1. The summed E-state index contributed by atoms with van der Waals surface area (Å²) in [5.74, 6) is 0.683. The summed E-state index contributed by atoms with van der Waals surface area (Å²) in [6.07, 6.45) is 3.83. The summed E-state index contributed by atoms with van der Waals surface area (Å²) >= 11 is 0. The maximum atomic E-state index is 5.38. The van der Waals surface area contributed by atoms with E-state index >= 15 is 0 Å². The number of nitrogens with zero attached hydrogens (tertiary/aromatic N) is 1. The van der Waals surface area contributed by atoms with Crippen LogP contribution in [0.3, 0.4) is 0 Å². The van der Waals surface area contributed by atoms with Crippen LogP contribution < -0.4 is 4.74 Å². The van der Waals surface area contributed by atoms with Crippen LogP contribution in [0.1, 0.15) is 19.4 Å². The van der Waals surface area contributed by atoms with Crippen LogP contribution >= 0.6 is 0 Å². The van der Waals surface area contributed by atoms with Crippen molar-refractivity contribution in [3.63, 3.8) is 0 Å². The van der Waals surface area contributed by atoms with Gasteiger partial charge >= 0.3 is 0 Å². The third-order valence-electron chi connectivity index (χ3n) is 1.61. The van der Waals surface area contributed by atoms with E-state index in [9.17, 15) is 0 Å². The zero-order valence-electron chi connectivity index (χ0n) is 8.37. The summed E-state index contributed by atoms with van der Waals surface area (Å²) in [6.45, 7) is 6.70. The minimum absolute atomic E-state index is 0.596. The molecule has 0 aliphatic heterocycles. The normalized spacial score (nSPS) is 9.46. The van der Waals surface area contributed by atoms with Crippen LogP contribution in [0.2, 0.25) is 0 Å². The molecule has 0 fully saturated rings.